The molecule has 2 aromatic rings. The lowest BCUT2D eigenvalue weighted by Gasteiger charge is -2.22. The first-order chi connectivity index (χ1) is 18.0. The van der Waals surface area contributed by atoms with Gasteiger partial charge in [0.2, 0.25) is 5.96 Å². The highest BCUT2D eigenvalue weighted by atomic mass is 16.5. The van der Waals surface area contributed by atoms with Crippen molar-refractivity contribution < 1.29 is 4.74 Å². The second kappa shape index (κ2) is 18.7. The second-order valence-electron chi connectivity index (χ2n) is 10.7. The number of hydrogen-bond donors (Lipinski definition) is 0. The van der Waals surface area contributed by atoms with E-state index in [0.29, 0.717) is 0 Å². The van der Waals surface area contributed by atoms with Crippen LogP contribution in [0.5, 0.6) is 5.75 Å². The Kier molecular flexibility index (Phi) is 15.5. The molecular weight excluding hydrogens is 454 g/mol. The van der Waals surface area contributed by atoms with E-state index in [1.165, 1.54) is 94.6 Å². The molecule has 0 bridgehead atoms. The summed E-state index contributed by atoms with van der Waals surface area (Å²) in [5.74, 6) is 1.88. The summed E-state index contributed by atoms with van der Waals surface area (Å²) in [6.07, 6.45) is 19.3. The fourth-order valence-electron chi connectivity index (χ4n) is 4.67. The average molecular weight is 508 g/mol. The van der Waals surface area contributed by atoms with Gasteiger partial charge in [0, 0.05) is 28.2 Å². The molecule has 206 valence electrons. The Hall–Kier alpha value is -2.49. The Balaban J connectivity index is 1.57. The smallest absolute Gasteiger partial charge is 0.200 e. The zero-order valence-electron chi connectivity index (χ0n) is 24.5. The number of guanidine groups is 1. The molecule has 0 atom stereocenters. The van der Waals surface area contributed by atoms with Gasteiger partial charge in [-0.2, -0.15) is 0 Å². The van der Waals surface area contributed by atoms with Gasteiger partial charge in [0.1, 0.15) is 5.75 Å². The highest BCUT2D eigenvalue weighted by Gasteiger charge is 2.05. The molecule has 0 N–H and O–H groups in total. The van der Waals surface area contributed by atoms with E-state index < -0.39 is 0 Å². The van der Waals surface area contributed by atoms with Crippen LogP contribution in [0.25, 0.3) is 11.1 Å². The first kappa shape index (κ1) is 30.7. The third kappa shape index (κ3) is 13.0. The highest BCUT2D eigenvalue weighted by Crippen LogP contribution is 2.25. The van der Waals surface area contributed by atoms with E-state index in [4.69, 9.17) is 9.73 Å². The normalized spacial score (nSPS) is 10.8. The Morgan fingerprint density at radius 1 is 0.568 bits per heavy atom. The van der Waals surface area contributed by atoms with Crippen molar-refractivity contribution in [3.63, 3.8) is 0 Å². The maximum atomic E-state index is 5.98. The molecule has 0 saturated carbocycles. The molecule has 0 unspecified atom stereocenters. The molecule has 0 aliphatic rings. The van der Waals surface area contributed by atoms with Gasteiger partial charge in [-0.1, -0.05) is 115 Å². The summed E-state index contributed by atoms with van der Waals surface area (Å²) < 4.78 is 5.98. The molecule has 0 heterocycles. The molecule has 0 radical (unpaired) electrons. The van der Waals surface area contributed by atoms with Gasteiger partial charge in [-0.3, -0.25) is 0 Å². The number of benzene rings is 2. The molecule has 4 heteroatoms. The molecule has 0 saturated heterocycles. The molecular formula is C33H53N3O. The van der Waals surface area contributed by atoms with Gasteiger partial charge in [0.25, 0.3) is 0 Å². The molecule has 37 heavy (non-hydrogen) atoms. The van der Waals surface area contributed by atoms with Crippen LogP contribution in [-0.2, 0) is 0 Å². The minimum atomic E-state index is 0.810. The summed E-state index contributed by atoms with van der Waals surface area (Å²) in [5, 5.41) is 0. The van der Waals surface area contributed by atoms with Crippen LogP contribution in [0.4, 0.5) is 5.69 Å². The minimum absolute atomic E-state index is 0.810. The lowest BCUT2D eigenvalue weighted by molar-refractivity contribution is 0.304. The quantitative estimate of drug-likeness (QED) is 0.114. The molecule has 4 nitrogen and oxygen atoms in total. The zero-order chi connectivity index (χ0) is 26.7. The Bertz CT molecular complexity index is 846. The van der Waals surface area contributed by atoms with E-state index in [2.05, 4.69) is 55.5 Å². The lowest BCUT2D eigenvalue weighted by atomic mass is 10.0. The van der Waals surface area contributed by atoms with Crippen molar-refractivity contribution in [3.05, 3.63) is 48.5 Å². The molecule has 0 fully saturated rings. The van der Waals surface area contributed by atoms with Crippen LogP contribution in [0.1, 0.15) is 96.8 Å². The molecule has 0 aliphatic heterocycles. The van der Waals surface area contributed by atoms with E-state index in [0.717, 1.165) is 30.4 Å². The predicted molar refractivity (Wildman–Crippen MR) is 162 cm³/mol. The summed E-state index contributed by atoms with van der Waals surface area (Å²) in [7, 11) is 8.04. The molecule has 2 rings (SSSR count). The number of hydrogen-bond acceptors (Lipinski definition) is 2. The van der Waals surface area contributed by atoms with Crippen molar-refractivity contribution >= 4 is 11.6 Å². The van der Waals surface area contributed by atoms with Crippen LogP contribution in [-0.4, -0.2) is 50.6 Å². The number of nitrogens with zero attached hydrogens (tertiary/aromatic N) is 3. The summed E-state index contributed by atoms with van der Waals surface area (Å²) in [4.78, 5) is 8.78. The fourth-order valence-corrected chi connectivity index (χ4v) is 4.67. The highest BCUT2D eigenvalue weighted by molar-refractivity contribution is 5.82. The van der Waals surface area contributed by atoms with Gasteiger partial charge in [-0.15, -0.1) is 0 Å². The van der Waals surface area contributed by atoms with Crippen LogP contribution in [0.15, 0.2) is 53.5 Å². The summed E-state index contributed by atoms with van der Waals surface area (Å²) in [5.41, 5.74) is 3.34. The maximum absolute atomic E-state index is 5.98. The molecule has 2 aromatic carbocycles. The van der Waals surface area contributed by atoms with E-state index in [1.807, 2.05) is 38.0 Å². The maximum Gasteiger partial charge on any atom is 0.200 e. The minimum Gasteiger partial charge on any atom is -0.494 e. The molecule has 0 aromatic heterocycles. The first-order valence-corrected chi connectivity index (χ1v) is 14.8. The van der Waals surface area contributed by atoms with Crippen molar-refractivity contribution in [2.24, 2.45) is 4.99 Å². The van der Waals surface area contributed by atoms with E-state index in [9.17, 15) is 0 Å². The predicted octanol–water partition coefficient (Wildman–Crippen LogP) is 9.32. The van der Waals surface area contributed by atoms with Gasteiger partial charge in [0.05, 0.1) is 12.3 Å². The fraction of sp³-hybridized carbons (Fsp3) is 0.606. The van der Waals surface area contributed by atoms with Crippen molar-refractivity contribution in [1.29, 1.82) is 0 Å². The van der Waals surface area contributed by atoms with Crippen molar-refractivity contribution in [3.8, 4) is 16.9 Å². The van der Waals surface area contributed by atoms with Crippen molar-refractivity contribution in [2.75, 3.05) is 34.8 Å². The van der Waals surface area contributed by atoms with E-state index >= 15 is 0 Å². The van der Waals surface area contributed by atoms with E-state index in [1.54, 1.807) is 0 Å². The van der Waals surface area contributed by atoms with Crippen LogP contribution >= 0.6 is 0 Å². The summed E-state index contributed by atoms with van der Waals surface area (Å²) in [6, 6.07) is 16.9. The number of aliphatic imine (C=N–C) groups is 1. The SMILES string of the molecule is CCCCCCCCCCCCCCCCOc1ccc(-c2ccc(N=C(N(C)C)N(C)C)cc2)cc1. The second-order valence-corrected chi connectivity index (χ2v) is 10.7. The van der Waals surface area contributed by atoms with Crippen molar-refractivity contribution in [1.82, 2.24) is 9.80 Å². The number of ether oxygens (including phenoxy) is 1. The topological polar surface area (TPSA) is 28.1 Å². The average Bonchev–Trinajstić information content (AvgIpc) is 2.90. The Morgan fingerprint density at radius 2 is 0.973 bits per heavy atom. The van der Waals surface area contributed by atoms with Gasteiger partial charge in [-0.25, -0.2) is 4.99 Å². The van der Waals surface area contributed by atoms with Crippen LogP contribution in [0.2, 0.25) is 0 Å². The Morgan fingerprint density at radius 3 is 1.41 bits per heavy atom. The van der Waals surface area contributed by atoms with Gasteiger partial charge in [0.15, 0.2) is 0 Å². The monoisotopic (exact) mass is 507 g/mol. The molecule has 0 aliphatic carbocycles. The van der Waals surface area contributed by atoms with Crippen molar-refractivity contribution in [2.45, 2.75) is 96.8 Å². The molecule has 0 amide bonds. The van der Waals surface area contributed by atoms with Crippen LogP contribution < -0.4 is 4.74 Å². The number of rotatable bonds is 18. The summed E-state index contributed by atoms with van der Waals surface area (Å²) in [6.45, 7) is 3.10. The standard InChI is InChI=1S/C33H53N3O/c1-6-7-8-9-10-11-12-13-14-15-16-17-18-19-28-37-32-26-22-30(23-27-32)29-20-24-31(25-21-29)34-33(35(2)3)36(4)5/h20-27H,6-19,28H2,1-5H3. The lowest BCUT2D eigenvalue weighted by Crippen LogP contribution is -2.35. The first-order valence-electron chi connectivity index (χ1n) is 14.8. The third-order valence-corrected chi connectivity index (χ3v) is 6.85. The van der Waals surface area contributed by atoms with E-state index in [-0.39, 0.29) is 0 Å². The third-order valence-electron chi connectivity index (χ3n) is 6.85. The number of unbranched alkanes of at least 4 members (excludes halogenated alkanes) is 13. The van der Waals surface area contributed by atoms with Gasteiger partial charge < -0.3 is 14.5 Å². The van der Waals surface area contributed by atoms with Crippen LogP contribution in [0, 0.1) is 0 Å². The van der Waals surface area contributed by atoms with Gasteiger partial charge >= 0.3 is 0 Å². The largest absolute Gasteiger partial charge is 0.494 e. The molecule has 0 spiro atoms. The summed E-state index contributed by atoms with van der Waals surface area (Å²) >= 11 is 0. The van der Waals surface area contributed by atoms with Gasteiger partial charge in [-0.05, 0) is 41.8 Å². The van der Waals surface area contributed by atoms with Crippen LogP contribution in [0.3, 0.4) is 0 Å². The Labute approximate surface area is 228 Å². The zero-order valence-corrected chi connectivity index (χ0v) is 24.5.